The van der Waals surface area contributed by atoms with Crippen LogP contribution in [0.4, 0.5) is 0 Å². The molecule has 0 bridgehead atoms. The summed E-state index contributed by atoms with van der Waals surface area (Å²) in [6.07, 6.45) is 9.40. The van der Waals surface area contributed by atoms with E-state index in [0.29, 0.717) is 6.42 Å². The van der Waals surface area contributed by atoms with Gasteiger partial charge in [-0.25, -0.2) is 0 Å². The Kier molecular flexibility index (Phi) is 7.53. The van der Waals surface area contributed by atoms with Gasteiger partial charge in [-0.05, 0) is 32.6 Å². The first-order valence-electron chi connectivity index (χ1n) is 7.64. The highest BCUT2D eigenvalue weighted by atomic mass is 16.2. The van der Waals surface area contributed by atoms with Crippen LogP contribution in [0.2, 0.25) is 0 Å². The van der Waals surface area contributed by atoms with Crippen LogP contribution >= 0.6 is 0 Å². The zero-order valence-electron chi connectivity index (χ0n) is 12.3. The maximum atomic E-state index is 11.6. The van der Waals surface area contributed by atoms with Crippen molar-refractivity contribution in [3.63, 3.8) is 0 Å². The highest BCUT2D eigenvalue weighted by molar-refractivity contribution is 5.84. The number of carbonyl (C=O) groups is 2. The van der Waals surface area contributed by atoms with E-state index in [2.05, 4.69) is 10.6 Å². The van der Waals surface area contributed by atoms with Gasteiger partial charge in [-0.1, -0.05) is 32.1 Å². The monoisotopic (exact) mass is 268 g/mol. The Morgan fingerprint density at radius 3 is 2.42 bits per heavy atom. The summed E-state index contributed by atoms with van der Waals surface area (Å²) < 4.78 is 0. The molecule has 0 atom stereocenters. The number of rotatable bonds is 7. The van der Waals surface area contributed by atoms with Crippen molar-refractivity contribution >= 4 is 11.8 Å². The molecule has 0 spiro atoms. The van der Waals surface area contributed by atoms with E-state index in [4.69, 9.17) is 0 Å². The third-order valence-corrected chi connectivity index (χ3v) is 3.64. The van der Waals surface area contributed by atoms with Crippen molar-refractivity contribution < 1.29 is 9.59 Å². The molecule has 0 aliphatic heterocycles. The van der Waals surface area contributed by atoms with Crippen LogP contribution in [0.3, 0.4) is 0 Å². The summed E-state index contributed by atoms with van der Waals surface area (Å²) in [5, 5.41) is 5.43. The highest BCUT2D eigenvalue weighted by Gasteiger charge is 2.13. The average Bonchev–Trinajstić information content (AvgIpc) is 2.37. The average molecular weight is 268 g/mol. The molecule has 1 saturated carbocycles. The quantitative estimate of drug-likeness (QED) is 0.745. The van der Waals surface area contributed by atoms with Gasteiger partial charge in [-0.3, -0.25) is 9.59 Å². The van der Waals surface area contributed by atoms with Crippen LogP contribution in [0.5, 0.6) is 0 Å². The van der Waals surface area contributed by atoms with Gasteiger partial charge in [-0.2, -0.15) is 0 Å². The van der Waals surface area contributed by atoms with Crippen molar-refractivity contribution in [1.82, 2.24) is 10.6 Å². The number of carbonyl (C=O) groups excluding carboxylic acids is 2. The molecule has 0 heterocycles. The largest absolute Gasteiger partial charge is 0.352 e. The smallest absolute Gasteiger partial charge is 0.239 e. The van der Waals surface area contributed by atoms with Gasteiger partial charge in [0.05, 0.1) is 6.54 Å². The van der Waals surface area contributed by atoms with Crippen molar-refractivity contribution in [2.45, 2.75) is 71.3 Å². The summed E-state index contributed by atoms with van der Waals surface area (Å²) in [6, 6.07) is 0.121. The van der Waals surface area contributed by atoms with Crippen LogP contribution in [-0.4, -0.2) is 24.4 Å². The predicted octanol–water partition coefficient (Wildman–Crippen LogP) is 2.38. The first-order chi connectivity index (χ1) is 9.08. The zero-order chi connectivity index (χ0) is 14.1. The third-order valence-electron chi connectivity index (χ3n) is 3.64. The molecular weight excluding hydrogens is 240 g/mol. The summed E-state index contributed by atoms with van der Waals surface area (Å²) >= 11 is 0. The first-order valence-corrected chi connectivity index (χ1v) is 7.64. The van der Waals surface area contributed by atoms with Crippen LogP contribution in [0.25, 0.3) is 0 Å². The minimum atomic E-state index is -0.115. The standard InChI is InChI=1S/C15H28N2O2/c1-12(2)17-15(19)11-16-14(18)10-6-9-13-7-4-3-5-8-13/h12-13H,3-11H2,1-2H3,(H,16,18)(H,17,19). The van der Waals surface area contributed by atoms with Gasteiger partial charge in [-0.15, -0.1) is 0 Å². The minimum Gasteiger partial charge on any atom is -0.352 e. The summed E-state index contributed by atoms with van der Waals surface area (Å²) in [5.41, 5.74) is 0. The topological polar surface area (TPSA) is 58.2 Å². The Balaban J connectivity index is 2.02. The molecule has 110 valence electrons. The number of hydrogen-bond acceptors (Lipinski definition) is 2. The van der Waals surface area contributed by atoms with Gasteiger partial charge >= 0.3 is 0 Å². The Hall–Kier alpha value is -1.06. The fourth-order valence-corrected chi connectivity index (χ4v) is 2.67. The van der Waals surface area contributed by atoms with E-state index in [1.165, 1.54) is 32.1 Å². The molecule has 1 aliphatic carbocycles. The second-order valence-corrected chi connectivity index (χ2v) is 5.90. The maximum Gasteiger partial charge on any atom is 0.239 e. The van der Waals surface area contributed by atoms with Gasteiger partial charge in [0, 0.05) is 12.5 Å². The van der Waals surface area contributed by atoms with E-state index in [0.717, 1.165) is 18.8 Å². The van der Waals surface area contributed by atoms with Gasteiger partial charge in [0.25, 0.3) is 0 Å². The van der Waals surface area contributed by atoms with Gasteiger partial charge in [0.15, 0.2) is 0 Å². The van der Waals surface area contributed by atoms with E-state index < -0.39 is 0 Å². The zero-order valence-corrected chi connectivity index (χ0v) is 12.3. The summed E-state index contributed by atoms with van der Waals surface area (Å²) in [5.74, 6) is 0.705. The highest BCUT2D eigenvalue weighted by Crippen LogP contribution is 2.27. The van der Waals surface area contributed by atoms with E-state index in [-0.39, 0.29) is 24.4 Å². The van der Waals surface area contributed by atoms with E-state index in [1.807, 2.05) is 13.8 Å². The summed E-state index contributed by atoms with van der Waals surface area (Å²) in [4.78, 5) is 22.9. The Labute approximate surface area is 116 Å². The Morgan fingerprint density at radius 2 is 1.79 bits per heavy atom. The molecule has 1 rings (SSSR count). The molecule has 0 unspecified atom stereocenters. The number of hydrogen-bond donors (Lipinski definition) is 2. The minimum absolute atomic E-state index is 0.00489. The molecule has 4 heteroatoms. The van der Waals surface area contributed by atoms with Gasteiger partial charge < -0.3 is 10.6 Å². The van der Waals surface area contributed by atoms with E-state index >= 15 is 0 Å². The van der Waals surface area contributed by atoms with Crippen molar-refractivity contribution in [1.29, 1.82) is 0 Å². The number of nitrogens with one attached hydrogen (secondary N) is 2. The molecule has 0 aromatic rings. The van der Waals surface area contributed by atoms with Crippen molar-refractivity contribution in [3.8, 4) is 0 Å². The lowest BCUT2D eigenvalue weighted by Crippen LogP contribution is -2.39. The third kappa shape index (κ3) is 7.85. The molecule has 4 nitrogen and oxygen atoms in total. The van der Waals surface area contributed by atoms with Gasteiger partial charge in [0.2, 0.25) is 11.8 Å². The van der Waals surface area contributed by atoms with E-state index in [1.54, 1.807) is 0 Å². The van der Waals surface area contributed by atoms with Crippen molar-refractivity contribution in [2.75, 3.05) is 6.54 Å². The lowest BCUT2D eigenvalue weighted by molar-refractivity contribution is -0.126. The predicted molar refractivity (Wildman–Crippen MR) is 76.7 cm³/mol. The molecule has 1 aliphatic rings. The van der Waals surface area contributed by atoms with Crippen LogP contribution in [0, 0.1) is 5.92 Å². The Bertz CT molecular complexity index is 284. The fraction of sp³-hybridized carbons (Fsp3) is 0.867. The Morgan fingerprint density at radius 1 is 1.11 bits per heavy atom. The molecule has 0 aromatic heterocycles. The van der Waals surface area contributed by atoms with Crippen LogP contribution in [0.1, 0.15) is 65.2 Å². The molecule has 0 radical (unpaired) electrons. The lowest BCUT2D eigenvalue weighted by Gasteiger charge is -2.21. The normalized spacial score (nSPS) is 16.4. The van der Waals surface area contributed by atoms with Crippen molar-refractivity contribution in [3.05, 3.63) is 0 Å². The molecule has 0 aromatic carbocycles. The maximum absolute atomic E-state index is 11.6. The second kappa shape index (κ2) is 8.94. The van der Waals surface area contributed by atoms with Crippen LogP contribution in [0.15, 0.2) is 0 Å². The SMILES string of the molecule is CC(C)NC(=O)CNC(=O)CCCC1CCCCC1. The molecule has 2 amide bonds. The molecular formula is C15H28N2O2. The molecule has 0 saturated heterocycles. The van der Waals surface area contributed by atoms with Crippen LogP contribution < -0.4 is 10.6 Å². The molecule has 2 N–H and O–H groups in total. The van der Waals surface area contributed by atoms with Gasteiger partial charge in [0.1, 0.15) is 0 Å². The van der Waals surface area contributed by atoms with E-state index in [9.17, 15) is 9.59 Å². The lowest BCUT2D eigenvalue weighted by atomic mass is 9.86. The van der Waals surface area contributed by atoms with Crippen molar-refractivity contribution in [2.24, 2.45) is 5.92 Å². The summed E-state index contributed by atoms with van der Waals surface area (Å²) in [7, 11) is 0. The first kappa shape index (κ1) is 16.0. The van der Waals surface area contributed by atoms with Crippen LogP contribution in [-0.2, 0) is 9.59 Å². The fourth-order valence-electron chi connectivity index (χ4n) is 2.67. The number of amides is 2. The summed E-state index contributed by atoms with van der Waals surface area (Å²) in [6.45, 7) is 3.91. The molecule has 19 heavy (non-hydrogen) atoms. The second-order valence-electron chi connectivity index (χ2n) is 5.90. The molecule has 1 fully saturated rings.